The van der Waals surface area contributed by atoms with Gasteiger partial charge < -0.3 is 14.4 Å². The monoisotopic (exact) mass is 272 g/mol. The van der Waals surface area contributed by atoms with E-state index >= 15 is 0 Å². The fraction of sp³-hybridized carbons (Fsp3) is 0.929. The second-order valence-electron chi connectivity index (χ2n) is 5.41. The van der Waals surface area contributed by atoms with Crippen LogP contribution in [0.5, 0.6) is 0 Å². The molecule has 0 aromatic heterocycles. The number of nitrogens with one attached hydrogen (secondary N) is 1. The van der Waals surface area contributed by atoms with Gasteiger partial charge in [0.1, 0.15) is 0 Å². The number of ether oxygens (including phenoxy) is 2. The largest absolute Gasteiger partial charge is 0.382 e. The van der Waals surface area contributed by atoms with E-state index in [0.29, 0.717) is 13.2 Å². The van der Waals surface area contributed by atoms with E-state index in [-0.39, 0.29) is 18.2 Å². The van der Waals surface area contributed by atoms with Crippen LogP contribution in [0.3, 0.4) is 0 Å². The fourth-order valence-electron chi connectivity index (χ4n) is 2.53. The van der Waals surface area contributed by atoms with Crippen molar-refractivity contribution in [1.82, 2.24) is 10.2 Å². The number of amides is 1. The lowest BCUT2D eigenvalue weighted by atomic mass is 9.99. The van der Waals surface area contributed by atoms with Gasteiger partial charge in [0.05, 0.1) is 31.0 Å². The van der Waals surface area contributed by atoms with Gasteiger partial charge in [-0.1, -0.05) is 20.3 Å². The van der Waals surface area contributed by atoms with Gasteiger partial charge in [-0.25, -0.2) is 0 Å². The summed E-state index contributed by atoms with van der Waals surface area (Å²) in [6.07, 6.45) is 2.84. The van der Waals surface area contributed by atoms with Gasteiger partial charge in [-0.05, 0) is 19.8 Å². The van der Waals surface area contributed by atoms with Gasteiger partial charge in [-0.2, -0.15) is 0 Å². The lowest BCUT2D eigenvalue weighted by Crippen LogP contribution is -2.44. The van der Waals surface area contributed by atoms with Gasteiger partial charge in [0.2, 0.25) is 5.91 Å². The van der Waals surface area contributed by atoms with Crippen LogP contribution in [0.2, 0.25) is 0 Å². The smallest absolute Gasteiger partial charge is 0.243 e. The predicted molar refractivity (Wildman–Crippen MR) is 74.9 cm³/mol. The van der Waals surface area contributed by atoms with Crippen LogP contribution in [-0.4, -0.2) is 56.0 Å². The highest BCUT2D eigenvalue weighted by atomic mass is 16.5. The number of nitrogens with zero attached hydrogens (tertiary/aromatic N) is 1. The molecular weight excluding hydrogens is 244 g/mol. The predicted octanol–water partition coefficient (Wildman–Crippen LogP) is 1.37. The van der Waals surface area contributed by atoms with Crippen LogP contribution in [0.1, 0.15) is 40.0 Å². The van der Waals surface area contributed by atoms with Crippen LogP contribution in [0.25, 0.3) is 0 Å². The Bertz CT molecular complexity index is 298. The first-order chi connectivity index (χ1) is 9.02. The molecule has 3 atom stereocenters. The summed E-state index contributed by atoms with van der Waals surface area (Å²) in [6, 6.07) is 0. The first kappa shape index (κ1) is 16.4. The minimum Gasteiger partial charge on any atom is -0.382 e. The molecule has 1 heterocycles. The number of carbonyl (C=O) groups excluding carboxylic acids is 1. The Morgan fingerprint density at radius 2 is 2.11 bits per heavy atom. The molecule has 112 valence electrons. The van der Waals surface area contributed by atoms with Crippen molar-refractivity contribution >= 4 is 5.91 Å². The number of carbonyl (C=O) groups is 1. The summed E-state index contributed by atoms with van der Waals surface area (Å²) in [6.45, 7) is 7.24. The summed E-state index contributed by atoms with van der Waals surface area (Å²) >= 11 is 0. The quantitative estimate of drug-likeness (QED) is 0.725. The Kier molecular flexibility index (Phi) is 6.23. The van der Waals surface area contributed by atoms with Gasteiger partial charge in [0.25, 0.3) is 0 Å². The van der Waals surface area contributed by atoms with Crippen LogP contribution in [0.15, 0.2) is 0 Å². The molecule has 1 N–H and O–H groups in total. The minimum atomic E-state index is -0.439. The molecule has 0 aromatic carbocycles. The Hall–Kier alpha value is -0.650. The SMILES string of the molecule is CCCC1NC(C)(CC)C(=O)N1CC(COC)OC. The van der Waals surface area contributed by atoms with Crippen LogP contribution < -0.4 is 5.32 Å². The number of hydrogen-bond donors (Lipinski definition) is 1. The molecule has 1 rings (SSSR count). The molecule has 1 amide bonds. The van der Waals surface area contributed by atoms with Crippen LogP contribution in [-0.2, 0) is 14.3 Å². The second kappa shape index (κ2) is 7.22. The molecule has 1 aliphatic rings. The van der Waals surface area contributed by atoms with E-state index in [1.165, 1.54) is 0 Å². The van der Waals surface area contributed by atoms with Gasteiger partial charge in [-0.15, -0.1) is 0 Å². The maximum absolute atomic E-state index is 12.6. The van der Waals surface area contributed by atoms with Crippen LogP contribution >= 0.6 is 0 Å². The summed E-state index contributed by atoms with van der Waals surface area (Å²) in [7, 11) is 3.31. The summed E-state index contributed by atoms with van der Waals surface area (Å²) in [5.74, 6) is 0.173. The van der Waals surface area contributed by atoms with Gasteiger partial charge >= 0.3 is 0 Å². The van der Waals surface area contributed by atoms with Crippen molar-refractivity contribution in [2.24, 2.45) is 0 Å². The van der Waals surface area contributed by atoms with E-state index in [4.69, 9.17) is 9.47 Å². The molecule has 3 unspecified atom stereocenters. The number of rotatable bonds is 8. The van der Waals surface area contributed by atoms with Gasteiger partial charge in [0.15, 0.2) is 0 Å². The molecule has 1 saturated heterocycles. The zero-order chi connectivity index (χ0) is 14.5. The van der Waals surface area contributed by atoms with Crippen LogP contribution in [0.4, 0.5) is 0 Å². The Labute approximate surface area is 116 Å². The normalized spacial score (nSPS) is 29.0. The van der Waals surface area contributed by atoms with Crippen molar-refractivity contribution < 1.29 is 14.3 Å². The molecule has 0 spiro atoms. The summed E-state index contributed by atoms with van der Waals surface area (Å²) in [5.41, 5.74) is -0.439. The highest BCUT2D eigenvalue weighted by molar-refractivity contribution is 5.88. The minimum absolute atomic E-state index is 0.0747. The fourth-order valence-corrected chi connectivity index (χ4v) is 2.53. The second-order valence-corrected chi connectivity index (χ2v) is 5.41. The zero-order valence-electron chi connectivity index (χ0n) is 12.9. The molecule has 1 aliphatic heterocycles. The van der Waals surface area contributed by atoms with E-state index in [1.54, 1.807) is 14.2 Å². The average molecular weight is 272 g/mol. The van der Waals surface area contributed by atoms with E-state index in [0.717, 1.165) is 19.3 Å². The number of hydrogen-bond acceptors (Lipinski definition) is 4. The summed E-state index contributed by atoms with van der Waals surface area (Å²) in [4.78, 5) is 14.5. The third-order valence-corrected chi connectivity index (χ3v) is 3.95. The van der Waals surface area contributed by atoms with Gasteiger partial charge in [-0.3, -0.25) is 10.1 Å². The molecule has 0 saturated carbocycles. The molecule has 5 nitrogen and oxygen atoms in total. The maximum atomic E-state index is 12.6. The standard InChI is InChI=1S/C14H28N2O3/c1-6-8-12-15-14(3,7-2)13(17)16(12)9-11(19-5)10-18-4/h11-12,15H,6-10H2,1-5H3. The molecular formula is C14H28N2O3. The third kappa shape index (κ3) is 3.68. The average Bonchev–Trinajstić information content (AvgIpc) is 2.64. The molecule has 19 heavy (non-hydrogen) atoms. The zero-order valence-corrected chi connectivity index (χ0v) is 12.9. The topological polar surface area (TPSA) is 50.8 Å². The Morgan fingerprint density at radius 3 is 2.58 bits per heavy atom. The molecule has 0 radical (unpaired) electrons. The van der Waals surface area contributed by atoms with E-state index < -0.39 is 5.54 Å². The van der Waals surface area contributed by atoms with Crippen molar-refractivity contribution in [3.8, 4) is 0 Å². The lowest BCUT2D eigenvalue weighted by Gasteiger charge is -2.27. The van der Waals surface area contributed by atoms with Crippen molar-refractivity contribution in [2.75, 3.05) is 27.4 Å². The molecule has 0 aliphatic carbocycles. The molecule has 1 fully saturated rings. The first-order valence-electron chi connectivity index (χ1n) is 7.12. The molecule has 0 aromatic rings. The Morgan fingerprint density at radius 1 is 1.42 bits per heavy atom. The summed E-state index contributed by atoms with van der Waals surface area (Å²) < 4.78 is 10.5. The van der Waals surface area contributed by atoms with Crippen LogP contribution in [0, 0.1) is 0 Å². The van der Waals surface area contributed by atoms with Gasteiger partial charge in [0, 0.05) is 14.2 Å². The molecule has 0 bridgehead atoms. The maximum Gasteiger partial charge on any atom is 0.243 e. The first-order valence-corrected chi connectivity index (χ1v) is 7.12. The van der Waals surface area contributed by atoms with E-state index in [9.17, 15) is 4.79 Å². The Balaban J connectivity index is 2.78. The van der Waals surface area contributed by atoms with Crippen molar-refractivity contribution in [3.05, 3.63) is 0 Å². The van der Waals surface area contributed by atoms with E-state index in [1.807, 2.05) is 18.7 Å². The van der Waals surface area contributed by atoms with Crippen molar-refractivity contribution in [3.63, 3.8) is 0 Å². The highest BCUT2D eigenvalue weighted by Gasteiger charge is 2.46. The highest BCUT2D eigenvalue weighted by Crippen LogP contribution is 2.26. The lowest BCUT2D eigenvalue weighted by molar-refractivity contribution is -0.135. The van der Waals surface area contributed by atoms with Crippen molar-refractivity contribution in [2.45, 2.75) is 57.8 Å². The third-order valence-electron chi connectivity index (χ3n) is 3.95. The molecule has 5 heteroatoms. The summed E-state index contributed by atoms with van der Waals surface area (Å²) in [5, 5.41) is 3.47. The number of methoxy groups -OCH3 is 2. The van der Waals surface area contributed by atoms with E-state index in [2.05, 4.69) is 12.2 Å². The van der Waals surface area contributed by atoms with Crippen molar-refractivity contribution in [1.29, 1.82) is 0 Å².